The van der Waals surface area contributed by atoms with E-state index in [9.17, 15) is 14.0 Å². The molecule has 1 unspecified atom stereocenters. The van der Waals surface area contributed by atoms with Crippen LogP contribution in [0.25, 0.3) is 0 Å². The number of thioether (sulfide) groups is 1. The quantitative estimate of drug-likeness (QED) is 0.877. The summed E-state index contributed by atoms with van der Waals surface area (Å²) in [5.41, 5.74) is 0.587. The molecule has 1 aromatic rings. The van der Waals surface area contributed by atoms with Gasteiger partial charge in [0.05, 0.1) is 11.9 Å². The SMILES string of the molecule is O=C(CC1CN[C@H](C(=O)N2CCSC2)C1)Nc1ccc(F)cc1. The zero-order valence-corrected chi connectivity index (χ0v) is 13.6. The lowest BCUT2D eigenvalue weighted by atomic mass is 10.0. The summed E-state index contributed by atoms with van der Waals surface area (Å²) >= 11 is 1.77. The number of hydrogen-bond acceptors (Lipinski definition) is 4. The Bertz CT molecular complexity index is 575. The Morgan fingerprint density at radius 1 is 1.35 bits per heavy atom. The van der Waals surface area contributed by atoms with Crippen LogP contribution in [0.1, 0.15) is 12.8 Å². The first-order valence-electron chi connectivity index (χ1n) is 7.77. The molecule has 2 N–H and O–H groups in total. The average Bonchev–Trinajstić information content (AvgIpc) is 3.20. The van der Waals surface area contributed by atoms with Crippen molar-refractivity contribution in [1.82, 2.24) is 10.2 Å². The summed E-state index contributed by atoms with van der Waals surface area (Å²) in [4.78, 5) is 26.2. The zero-order chi connectivity index (χ0) is 16.2. The van der Waals surface area contributed by atoms with Gasteiger partial charge in [-0.05, 0) is 43.1 Å². The van der Waals surface area contributed by atoms with Crippen LogP contribution in [-0.4, -0.2) is 47.5 Å². The molecule has 5 nitrogen and oxygen atoms in total. The highest BCUT2D eigenvalue weighted by Gasteiger charge is 2.34. The third-order valence-electron chi connectivity index (χ3n) is 4.19. The van der Waals surface area contributed by atoms with Crippen molar-refractivity contribution >= 4 is 29.3 Å². The van der Waals surface area contributed by atoms with Crippen molar-refractivity contribution in [3.05, 3.63) is 30.1 Å². The van der Waals surface area contributed by atoms with Crippen LogP contribution in [0.4, 0.5) is 10.1 Å². The highest BCUT2D eigenvalue weighted by Crippen LogP contribution is 2.22. The molecule has 2 aliphatic heterocycles. The molecule has 2 heterocycles. The number of halogens is 1. The van der Waals surface area contributed by atoms with Crippen molar-refractivity contribution in [3.63, 3.8) is 0 Å². The van der Waals surface area contributed by atoms with E-state index in [1.165, 1.54) is 24.3 Å². The van der Waals surface area contributed by atoms with Gasteiger partial charge in [0.15, 0.2) is 0 Å². The first-order valence-corrected chi connectivity index (χ1v) is 8.92. The van der Waals surface area contributed by atoms with E-state index in [1.807, 2.05) is 4.90 Å². The molecule has 0 aromatic heterocycles. The molecule has 7 heteroatoms. The van der Waals surface area contributed by atoms with E-state index < -0.39 is 0 Å². The van der Waals surface area contributed by atoms with Crippen LogP contribution in [0.3, 0.4) is 0 Å². The summed E-state index contributed by atoms with van der Waals surface area (Å²) in [6.07, 6.45) is 1.06. The number of hydrogen-bond donors (Lipinski definition) is 2. The number of benzene rings is 1. The van der Waals surface area contributed by atoms with E-state index in [0.717, 1.165) is 18.2 Å². The van der Waals surface area contributed by atoms with Gasteiger partial charge in [0.1, 0.15) is 5.82 Å². The Balaban J connectivity index is 1.46. The van der Waals surface area contributed by atoms with E-state index in [0.29, 0.717) is 25.1 Å². The molecular formula is C16H20FN3O2S. The second-order valence-electron chi connectivity index (χ2n) is 5.96. The lowest BCUT2D eigenvalue weighted by Crippen LogP contribution is -2.42. The fourth-order valence-electron chi connectivity index (χ4n) is 2.97. The third-order valence-corrected chi connectivity index (χ3v) is 5.15. The summed E-state index contributed by atoms with van der Waals surface area (Å²) in [5, 5.41) is 5.99. The molecule has 0 bridgehead atoms. The second-order valence-corrected chi connectivity index (χ2v) is 7.04. The molecular weight excluding hydrogens is 317 g/mol. The molecule has 23 heavy (non-hydrogen) atoms. The standard InChI is InChI=1S/C16H20FN3O2S/c17-12-1-3-13(4-2-12)19-15(21)8-11-7-14(18-9-11)16(22)20-5-6-23-10-20/h1-4,11,14,18H,5-10H2,(H,19,21)/t11?,14-/m0/s1. The first kappa shape index (κ1) is 16.3. The molecule has 1 aromatic carbocycles. The number of rotatable bonds is 4. The Hall–Kier alpha value is -1.60. The van der Waals surface area contributed by atoms with Gasteiger partial charge in [-0.2, -0.15) is 0 Å². The second kappa shape index (κ2) is 7.31. The number of nitrogens with zero attached hydrogens (tertiary/aromatic N) is 1. The Morgan fingerprint density at radius 2 is 2.13 bits per heavy atom. The van der Waals surface area contributed by atoms with E-state index >= 15 is 0 Å². The van der Waals surface area contributed by atoms with Gasteiger partial charge in [-0.1, -0.05) is 0 Å². The maximum absolute atomic E-state index is 12.8. The summed E-state index contributed by atoms with van der Waals surface area (Å²) in [6, 6.07) is 5.54. The summed E-state index contributed by atoms with van der Waals surface area (Å²) in [6.45, 7) is 1.49. The number of carbonyl (C=O) groups is 2. The fourth-order valence-corrected chi connectivity index (χ4v) is 3.92. The van der Waals surface area contributed by atoms with Gasteiger partial charge < -0.3 is 15.5 Å². The van der Waals surface area contributed by atoms with Crippen LogP contribution >= 0.6 is 11.8 Å². The van der Waals surface area contributed by atoms with Gasteiger partial charge >= 0.3 is 0 Å². The van der Waals surface area contributed by atoms with Crippen molar-refractivity contribution in [2.24, 2.45) is 5.92 Å². The average molecular weight is 337 g/mol. The van der Waals surface area contributed by atoms with Crippen molar-refractivity contribution in [2.45, 2.75) is 18.9 Å². The fraction of sp³-hybridized carbons (Fsp3) is 0.500. The van der Waals surface area contributed by atoms with Crippen molar-refractivity contribution in [3.8, 4) is 0 Å². The minimum Gasteiger partial charge on any atom is -0.331 e. The topological polar surface area (TPSA) is 61.4 Å². The van der Waals surface area contributed by atoms with Crippen LogP contribution in [0.5, 0.6) is 0 Å². The van der Waals surface area contributed by atoms with Gasteiger partial charge in [-0.15, -0.1) is 11.8 Å². The van der Waals surface area contributed by atoms with Crippen LogP contribution < -0.4 is 10.6 Å². The highest BCUT2D eigenvalue weighted by atomic mass is 32.2. The maximum Gasteiger partial charge on any atom is 0.240 e. The maximum atomic E-state index is 12.8. The lowest BCUT2D eigenvalue weighted by Gasteiger charge is -2.19. The number of nitrogens with one attached hydrogen (secondary N) is 2. The molecule has 2 fully saturated rings. The largest absolute Gasteiger partial charge is 0.331 e. The molecule has 0 spiro atoms. The minimum absolute atomic E-state index is 0.103. The molecule has 124 valence electrons. The Kier molecular flexibility index (Phi) is 5.17. The number of carbonyl (C=O) groups excluding carboxylic acids is 2. The van der Waals surface area contributed by atoms with E-state index in [1.54, 1.807) is 11.8 Å². The molecule has 2 aliphatic rings. The first-order chi connectivity index (χ1) is 11.1. The molecule has 2 saturated heterocycles. The van der Waals surface area contributed by atoms with E-state index in [2.05, 4.69) is 10.6 Å². The van der Waals surface area contributed by atoms with Crippen LogP contribution in [0, 0.1) is 11.7 Å². The van der Waals surface area contributed by atoms with Gasteiger partial charge in [0.25, 0.3) is 0 Å². The lowest BCUT2D eigenvalue weighted by molar-refractivity contribution is -0.131. The zero-order valence-electron chi connectivity index (χ0n) is 12.8. The monoisotopic (exact) mass is 337 g/mol. The predicted octanol–water partition coefficient (Wildman–Crippen LogP) is 1.67. The molecule has 0 aliphatic carbocycles. The van der Waals surface area contributed by atoms with E-state index in [-0.39, 0.29) is 29.6 Å². The molecule has 0 radical (unpaired) electrons. The van der Waals surface area contributed by atoms with Crippen molar-refractivity contribution in [2.75, 3.05) is 30.0 Å². The van der Waals surface area contributed by atoms with Crippen molar-refractivity contribution < 1.29 is 14.0 Å². The molecule has 3 rings (SSSR count). The van der Waals surface area contributed by atoms with Gasteiger partial charge in [0, 0.05) is 24.4 Å². The predicted molar refractivity (Wildman–Crippen MR) is 88.6 cm³/mol. The van der Waals surface area contributed by atoms with Crippen LogP contribution in [-0.2, 0) is 9.59 Å². The number of anilines is 1. The summed E-state index contributed by atoms with van der Waals surface area (Å²) in [5.74, 6) is 1.64. The van der Waals surface area contributed by atoms with Crippen molar-refractivity contribution in [1.29, 1.82) is 0 Å². The minimum atomic E-state index is -0.329. The molecule has 2 atom stereocenters. The smallest absolute Gasteiger partial charge is 0.240 e. The molecule has 0 saturated carbocycles. The van der Waals surface area contributed by atoms with Gasteiger partial charge in [-0.3, -0.25) is 9.59 Å². The number of amides is 2. The van der Waals surface area contributed by atoms with Gasteiger partial charge in [0.2, 0.25) is 11.8 Å². The van der Waals surface area contributed by atoms with Crippen LogP contribution in [0.2, 0.25) is 0 Å². The summed E-state index contributed by atoms with van der Waals surface area (Å²) in [7, 11) is 0. The normalized spacial score (nSPS) is 24.0. The Morgan fingerprint density at radius 3 is 2.83 bits per heavy atom. The van der Waals surface area contributed by atoms with Gasteiger partial charge in [-0.25, -0.2) is 4.39 Å². The third kappa shape index (κ3) is 4.23. The molecule has 2 amide bonds. The Labute approximate surface area is 139 Å². The van der Waals surface area contributed by atoms with E-state index in [4.69, 9.17) is 0 Å². The summed E-state index contributed by atoms with van der Waals surface area (Å²) < 4.78 is 12.8. The highest BCUT2D eigenvalue weighted by molar-refractivity contribution is 7.99. The van der Waals surface area contributed by atoms with Crippen LogP contribution in [0.15, 0.2) is 24.3 Å².